The van der Waals surface area contributed by atoms with Crippen molar-refractivity contribution in [3.8, 4) is 0 Å². The minimum atomic E-state index is -0.851. The third kappa shape index (κ3) is 3.06. The molecule has 0 aromatic rings. The summed E-state index contributed by atoms with van der Waals surface area (Å²) in [4.78, 5) is 26.1. The van der Waals surface area contributed by atoms with Crippen molar-refractivity contribution in [2.24, 2.45) is 5.92 Å². The second kappa shape index (κ2) is 5.64. The Hall–Kier alpha value is -1.37. The van der Waals surface area contributed by atoms with Crippen molar-refractivity contribution in [1.29, 1.82) is 0 Å². The fourth-order valence-corrected chi connectivity index (χ4v) is 1.97. The molecule has 0 N–H and O–H groups in total. The van der Waals surface area contributed by atoms with Crippen LogP contribution < -0.4 is 0 Å². The maximum Gasteiger partial charge on any atom is 0.308 e. The van der Waals surface area contributed by atoms with Gasteiger partial charge in [0.2, 0.25) is 0 Å². The highest BCUT2D eigenvalue weighted by atomic mass is 17.0. The fraction of sp³-hybridized carbons (Fsp3) is 0.889. The second-order valence-corrected chi connectivity index (χ2v) is 3.67. The van der Waals surface area contributed by atoms with Crippen molar-refractivity contribution in [2.75, 3.05) is 14.2 Å². The molecule has 16 heavy (non-hydrogen) atoms. The van der Waals surface area contributed by atoms with Gasteiger partial charge in [0.15, 0.2) is 0 Å². The average molecular weight is 233 g/mol. The molecule has 0 heterocycles. The molecule has 1 aliphatic rings. The molecule has 0 aliphatic heterocycles. The lowest BCUT2D eigenvalue weighted by Crippen LogP contribution is -2.40. The normalized spacial score (nSPS) is 29.5. The van der Waals surface area contributed by atoms with Crippen molar-refractivity contribution in [2.45, 2.75) is 31.5 Å². The molecule has 0 aromatic heterocycles. The van der Waals surface area contributed by atoms with Crippen LogP contribution in [0.2, 0.25) is 0 Å². The van der Waals surface area contributed by atoms with Crippen molar-refractivity contribution in [3.63, 3.8) is 0 Å². The zero-order valence-corrected chi connectivity index (χ0v) is 9.25. The molecule has 92 valence electrons. The van der Waals surface area contributed by atoms with Gasteiger partial charge in [0.05, 0.1) is 19.1 Å². The molecule has 1 aliphatic carbocycles. The van der Waals surface area contributed by atoms with Crippen LogP contribution in [0.4, 0.5) is 0 Å². The van der Waals surface area contributed by atoms with Gasteiger partial charge < -0.3 is 14.3 Å². The first-order valence-corrected chi connectivity index (χ1v) is 5.00. The molecule has 0 aromatic carbocycles. The fourth-order valence-electron chi connectivity index (χ4n) is 1.97. The Morgan fingerprint density at radius 2 is 2.00 bits per heavy atom. The first-order chi connectivity index (χ1) is 7.58. The molecule has 0 unspecified atom stereocenters. The van der Waals surface area contributed by atoms with Gasteiger partial charge in [-0.25, -0.2) is 0 Å². The Morgan fingerprint density at radius 1 is 1.31 bits per heavy atom. The van der Waals surface area contributed by atoms with Crippen LogP contribution in [-0.2, 0) is 19.1 Å². The van der Waals surface area contributed by atoms with E-state index in [4.69, 9.17) is 4.74 Å². The smallest absolute Gasteiger partial charge is 0.308 e. The van der Waals surface area contributed by atoms with Gasteiger partial charge >= 0.3 is 5.97 Å². The summed E-state index contributed by atoms with van der Waals surface area (Å²) < 4.78 is 9.69. The highest BCUT2D eigenvalue weighted by Crippen LogP contribution is 2.29. The van der Waals surface area contributed by atoms with Gasteiger partial charge in [-0.05, 0) is 19.3 Å². The number of carbonyl (C=O) groups excluding carboxylic acids is 1. The van der Waals surface area contributed by atoms with E-state index in [2.05, 4.69) is 9.57 Å². The Balaban J connectivity index is 2.61. The highest BCUT2D eigenvalue weighted by Gasteiger charge is 2.36. The van der Waals surface area contributed by atoms with Crippen molar-refractivity contribution < 1.29 is 24.2 Å². The highest BCUT2D eigenvalue weighted by molar-refractivity contribution is 5.72. The standard InChI is InChI=1S/C9H15NO6/c1-14-7-4-3-6(9(11)15-2)5-8(7)16-10(12)13/h6-8H,3-5H2,1-2H3/t6-,7-,8-/m1/s1. The Bertz CT molecular complexity index is 269. The number of carbonyl (C=O) groups is 1. The lowest BCUT2D eigenvalue weighted by molar-refractivity contribution is -0.771. The van der Waals surface area contributed by atoms with Crippen LogP contribution in [0, 0.1) is 16.0 Å². The number of nitrogens with zero attached hydrogens (tertiary/aromatic N) is 1. The summed E-state index contributed by atoms with van der Waals surface area (Å²) in [5.41, 5.74) is 0. The van der Waals surface area contributed by atoms with Crippen LogP contribution in [0.15, 0.2) is 0 Å². The van der Waals surface area contributed by atoms with E-state index in [-0.39, 0.29) is 24.4 Å². The predicted octanol–water partition coefficient (Wildman–Crippen LogP) is 0.551. The summed E-state index contributed by atoms with van der Waals surface area (Å²) in [6, 6.07) is 0. The Morgan fingerprint density at radius 3 is 2.50 bits per heavy atom. The third-order valence-electron chi connectivity index (χ3n) is 2.79. The first-order valence-electron chi connectivity index (χ1n) is 5.00. The zero-order chi connectivity index (χ0) is 12.1. The van der Waals surface area contributed by atoms with Crippen molar-refractivity contribution >= 4 is 5.97 Å². The molecule has 0 bridgehead atoms. The molecule has 0 amide bonds. The summed E-state index contributed by atoms with van der Waals surface area (Å²) in [7, 11) is 2.77. The van der Waals surface area contributed by atoms with Gasteiger partial charge in [0.1, 0.15) is 6.10 Å². The summed E-state index contributed by atoms with van der Waals surface area (Å²) in [6.07, 6.45) is 0.369. The molecule has 1 rings (SSSR count). The number of hydrogen-bond donors (Lipinski definition) is 0. The van der Waals surface area contributed by atoms with Crippen LogP contribution in [0.25, 0.3) is 0 Å². The topological polar surface area (TPSA) is 87.9 Å². The van der Waals surface area contributed by atoms with E-state index in [0.717, 1.165) is 0 Å². The maximum atomic E-state index is 11.3. The molecular weight excluding hydrogens is 218 g/mol. The number of rotatable bonds is 4. The van der Waals surface area contributed by atoms with E-state index in [0.29, 0.717) is 12.8 Å². The van der Waals surface area contributed by atoms with E-state index >= 15 is 0 Å². The minimum absolute atomic E-state index is 0.256. The van der Waals surface area contributed by atoms with E-state index < -0.39 is 11.2 Å². The number of methoxy groups -OCH3 is 2. The number of esters is 1. The van der Waals surface area contributed by atoms with E-state index in [9.17, 15) is 14.9 Å². The molecular formula is C9H15NO6. The molecule has 7 heteroatoms. The Kier molecular flexibility index (Phi) is 4.48. The predicted molar refractivity (Wildman–Crippen MR) is 52.0 cm³/mol. The van der Waals surface area contributed by atoms with E-state index in [1.807, 2.05) is 0 Å². The monoisotopic (exact) mass is 233 g/mol. The summed E-state index contributed by atoms with van der Waals surface area (Å²) >= 11 is 0. The van der Waals surface area contributed by atoms with Gasteiger partial charge in [0.25, 0.3) is 5.09 Å². The molecule has 1 saturated carbocycles. The number of hydrogen-bond acceptors (Lipinski definition) is 6. The molecule has 7 nitrogen and oxygen atoms in total. The van der Waals surface area contributed by atoms with E-state index in [1.54, 1.807) is 0 Å². The summed E-state index contributed by atoms with van der Waals surface area (Å²) in [5.74, 6) is -0.701. The van der Waals surface area contributed by atoms with E-state index in [1.165, 1.54) is 14.2 Å². The van der Waals surface area contributed by atoms with Gasteiger partial charge in [-0.2, -0.15) is 0 Å². The maximum absolute atomic E-state index is 11.3. The van der Waals surface area contributed by atoms with Crippen molar-refractivity contribution in [3.05, 3.63) is 10.1 Å². The van der Waals surface area contributed by atoms with Crippen molar-refractivity contribution in [1.82, 2.24) is 0 Å². The lowest BCUT2D eigenvalue weighted by Gasteiger charge is -2.32. The Labute approximate surface area is 92.8 Å². The molecule has 1 fully saturated rings. The van der Waals surface area contributed by atoms with Gasteiger partial charge in [-0.15, -0.1) is 10.1 Å². The largest absolute Gasteiger partial charge is 0.469 e. The molecule has 3 atom stereocenters. The number of ether oxygens (including phenoxy) is 2. The van der Waals surface area contributed by atoms with Crippen LogP contribution in [0.5, 0.6) is 0 Å². The molecule has 0 saturated heterocycles. The average Bonchev–Trinajstić information content (AvgIpc) is 2.27. The molecule has 0 spiro atoms. The van der Waals surface area contributed by atoms with Gasteiger partial charge in [0, 0.05) is 7.11 Å². The zero-order valence-electron chi connectivity index (χ0n) is 9.25. The molecule has 0 radical (unpaired) electrons. The quantitative estimate of drug-likeness (QED) is 0.400. The van der Waals surface area contributed by atoms with Crippen LogP contribution in [0.1, 0.15) is 19.3 Å². The first kappa shape index (κ1) is 12.7. The summed E-state index contributed by atoms with van der Waals surface area (Å²) in [5, 5.41) is 9.44. The van der Waals surface area contributed by atoms with Gasteiger partial charge in [-0.3, -0.25) is 4.79 Å². The lowest BCUT2D eigenvalue weighted by atomic mass is 9.85. The van der Waals surface area contributed by atoms with Crippen LogP contribution >= 0.6 is 0 Å². The summed E-state index contributed by atoms with van der Waals surface area (Å²) in [6.45, 7) is 0. The minimum Gasteiger partial charge on any atom is -0.469 e. The van der Waals surface area contributed by atoms with Crippen LogP contribution in [-0.4, -0.2) is 37.5 Å². The third-order valence-corrected chi connectivity index (χ3v) is 2.79. The SMILES string of the molecule is COC(=O)[C@@H]1CC[C@@H](OC)[C@H](O[N+](=O)[O-])C1. The second-order valence-electron chi connectivity index (χ2n) is 3.67. The van der Waals surface area contributed by atoms with Crippen LogP contribution in [0.3, 0.4) is 0 Å². The van der Waals surface area contributed by atoms with Gasteiger partial charge in [-0.1, -0.05) is 0 Å².